The molecule has 0 fully saturated rings. The van der Waals surface area contributed by atoms with Gasteiger partial charge in [-0.15, -0.1) is 6.54 Å². The number of halogens is 2. The molecule has 0 spiro atoms. The first-order valence-electron chi connectivity index (χ1n) is 3.23. The fraction of sp³-hybridized carbons (Fsp3) is 0.250. The first kappa shape index (κ1) is 8.85. The summed E-state index contributed by atoms with van der Waals surface area (Å²) in [6.45, 7) is 0.691. The van der Waals surface area contributed by atoms with Crippen molar-refractivity contribution >= 4 is 23.2 Å². The summed E-state index contributed by atoms with van der Waals surface area (Å²) in [5, 5.41) is 5.15. The largest absolute Gasteiger partial charge is 0.661 e. The number of rotatable bonds is 2. The average molecular weight is 189 g/mol. The molecule has 1 rings (SSSR count). The molecule has 0 heterocycles. The van der Waals surface area contributed by atoms with Crippen molar-refractivity contribution in [1.82, 2.24) is 0 Å². The number of hydrogen-bond donors (Lipinski definition) is 0. The second-order valence-electron chi connectivity index (χ2n) is 2.22. The van der Waals surface area contributed by atoms with Crippen LogP contribution in [0.3, 0.4) is 0 Å². The van der Waals surface area contributed by atoms with Gasteiger partial charge >= 0.3 is 0 Å². The molecule has 0 N–H and O–H groups in total. The lowest BCUT2D eigenvalue weighted by Gasteiger charge is -2.11. The van der Waals surface area contributed by atoms with E-state index in [0.717, 1.165) is 5.56 Å². The Balaban J connectivity index is 2.86. The Bertz CT molecular complexity index is 248. The van der Waals surface area contributed by atoms with Crippen LogP contribution in [-0.2, 0) is 6.54 Å². The van der Waals surface area contributed by atoms with Crippen molar-refractivity contribution in [3.8, 4) is 0 Å². The third kappa shape index (κ3) is 2.37. The first-order chi connectivity index (χ1) is 5.24. The molecule has 1 aromatic rings. The summed E-state index contributed by atoms with van der Waals surface area (Å²) >= 11 is 11.5. The molecule has 0 aliphatic rings. The Kier molecular flexibility index (Phi) is 3.18. The smallest absolute Gasteiger partial charge is 0.0594 e. The molecule has 0 unspecified atom stereocenters. The molecule has 0 saturated carbocycles. The van der Waals surface area contributed by atoms with Gasteiger partial charge in [0.1, 0.15) is 0 Å². The Labute approximate surface area is 76.3 Å². The summed E-state index contributed by atoms with van der Waals surface area (Å²) in [6, 6.07) is 5.53. The van der Waals surface area contributed by atoms with Gasteiger partial charge in [0, 0.05) is 0 Å². The van der Waals surface area contributed by atoms with Gasteiger partial charge in [0.05, 0.1) is 10.0 Å². The molecule has 0 atom stereocenters. The van der Waals surface area contributed by atoms with Crippen molar-refractivity contribution in [2.75, 3.05) is 7.05 Å². The van der Waals surface area contributed by atoms with E-state index in [1.807, 2.05) is 12.1 Å². The highest BCUT2D eigenvalue weighted by molar-refractivity contribution is 6.42. The van der Waals surface area contributed by atoms with E-state index in [9.17, 15) is 0 Å². The van der Waals surface area contributed by atoms with Gasteiger partial charge in [0.2, 0.25) is 0 Å². The Morgan fingerprint density at radius 3 is 2.55 bits per heavy atom. The maximum Gasteiger partial charge on any atom is 0.0594 e. The summed E-state index contributed by atoms with van der Waals surface area (Å²) < 4.78 is 0. The number of benzene rings is 1. The first-order valence-corrected chi connectivity index (χ1v) is 3.99. The standard InChI is InChI=1S/C8H8Cl2N/c1-11-5-6-2-3-7(9)8(10)4-6/h2-4H,5H2,1H3/q-1. The van der Waals surface area contributed by atoms with Gasteiger partial charge in [0.15, 0.2) is 0 Å². The molecule has 60 valence electrons. The number of hydrogen-bond acceptors (Lipinski definition) is 0. The van der Waals surface area contributed by atoms with Crippen LogP contribution in [0, 0.1) is 0 Å². The minimum Gasteiger partial charge on any atom is -0.661 e. The van der Waals surface area contributed by atoms with Gasteiger partial charge in [-0.05, 0) is 12.1 Å². The molecular formula is C8H8Cl2N-. The number of nitrogens with zero attached hydrogens (tertiary/aromatic N) is 1. The lowest BCUT2D eigenvalue weighted by atomic mass is 10.2. The third-order valence-electron chi connectivity index (χ3n) is 1.32. The van der Waals surface area contributed by atoms with E-state index in [1.165, 1.54) is 0 Å². The van der Waals surface area contributed by atoms with E-state index in [0.29, 0.717) is 16.6 Å². The zero-order chi connectivity index (χ0) is 8.27. The van der Waals surface area contributed by atoms with Gasteiger partial charge in [0.25, 0.3) is 0 Å². The highest BCUT2D eigenvalue weighted by Gasteiger charge is 1.94. The summed E-state index contributed by atoms with van der Waals surface area (Å²) in [6.07, 6.45) is 0. The molecule has 0 aliphatic heterocycles. The third-order valence-corrected chi connectivity index (χ3v) is 2.06. The van der Waals surface area contributed by atoms with E-state index < -0.39 is 0 Å². The van der Waals surface area contributed by atoms with Crippen LogP contribution in [0.4, 0.5) is 0 Å². The Morgan fingerprint density at radius 2 is 2.00 bits per heavy atom. The van der Waals surface area contributed by atoms with Crippen LogP contribution >= 0.6 is 23.2 Å². The van der Waals surface area contributed by atoms with E-state index in [-0.39, 0.29) is 0 Å². The van der Waals surface area contributed by atoms with Gasteiger partial charge in [-0.3, -0.25) is 0 Å². The van der Waals surface area contributed by atoms with Crippen LogP contribution in [0.15, 0.2) is 18.2 Å². The Morgan fingerprint density at radius 1 is 1.27 bits per heavy atom. The molecule has 0 bridgehead atoms. The van der Waals surface area contributed by atoms with Crippen LogP contribution in [0.25, 0.3) is 5.32 Å². The highest BCUT2D eigenvalue weighted by atomic mass is 35.5. The highest BCUT2D eigenvalue weighted by Crippen LogP contribution is 2.22. The average Bonchev–Trinajstić information content (AvgIpc) is 1.98. The predicted molar refractivity (Wildman–Crippen MR) is 49.4 cm³/mol. The van der Waals surface area contributed by atoms with Crippen molar-refractivity contribution in [2.24, 2.45) is 0 Å². The molecule has 1 aromatic carbocycles. The van der Waals surface area contributed by atoms with E-state index in [1.54, 1.807) is 13.1 Å². The van der Waals surface area contributed by atoms with E-state index in [4.69, 9.17) is 23.2 Å². The van der Waals surface area contributed by atoms with Crippen LogP contribution in [-0.4, -0.2) is 7.05 Å². The maximum atomic E-state index is 5.78. The normalized spacial score (nSPS) is 10.1. The zero-order valence-electron chi connectivity index (χ0n) is 6.14. The van der Waals surface area contributed by atoms with Gasteiger partial charge < -0.3 is 5.32 Å². The second kappa shape index (κ2) is 3.96. The molecular weight excluding hydrogens is 181 g/mol. The minimum atomic E-state index is 0.589. The fourth-order valence-electron chi connectivity index (χ4n) is 0.821. The van der Waals surface area contributed by atoms with Crippen molar-refractivity contribution in [1.29, 1.82) is 0 Å². The second-order valence-corrected chi connectivity index (χ2v) is 3.04. The van der Waals surface area contributed by atoms with E-state index >= 15 is 0 Å². The molecule has 0 amide bonds. The zero-order valence-corrected chi connectivity index (χ0v) is 7.65. The summed E-state index contributed by atoms with van der Waals surface area (Å²) in [5.41, 5.74) is 1.09. The minimum absolute atomic E-state index is 0.589. The molecule has 0 radical (unpaired) electrons. The SMILES string of the molecule is C[N-]Cc1ccc(Cl)c(Cl)c1. The van der Waals surface area contributed by atoms with Gasteiger partial charge in [-0.1, -0.05) is 34.8 Å². The van der Waals surface area contributed by atoms with Gasteiger partial charge in [-0.25, -0.2) is 0 Å². The summed E-state index contributed by atoms with van der Waals surface area (Å²) in [4.78, 5) is 0. The topological polar surface area (TPSA) is 14.1 Å². The van der Waals surface area contributed by atoms with Crippen LogP contribution < -0.4 is 0 Å². The predicted octanol–water partition coefficient (Wildman–Crippen LogP) is 3.50. The maximum absolute atomic E-state index is 5.78. The van der Waals surface area contributed by atoms with Crippen molar-refractivity contribution in [3.05, 3.63) is 39.1 Å². The van der Waals surface area contributed by atoms with Crippen molar-refractivity contribution < 1.29 is 0 Å². The van der Waals surface area contributed by atoms with Crippen molar-refractivity contribution in [2.45, 2.75) is 6.54 Å². The molecule has 0 saturated heterocycles. The lowest BCUT2D eigenvalue weighted by Crippen LogP contribution is -1.81. The Hall–Kier alpha value is -0.240. The van der Waals surface area contributed by atoms with E-state index in [2.05, 4.69) is 5.32 Å². The van der Waals surface area contributed by atoms with Crippen LogP contribution in [0.1, 0.15) is 5.56 Å². The van der Waals surface area contributed by atoms with Gasteiger partial charge in [-0.2, -0.15) is 7.05 Å². The molecule has 3 heteroatoms. The summed E-state index contributed by atoms with van der Waals surface area (Å²) in [7, 11) is 1.77. The van der Waals surface area contributed by atoms with Crippen molar-refractivity contribution in [3.63, 3.8) is 0 Å². The quantitative estimate of drug-likeness (QED) is 0.675. The molecule has 0 aromatic heterocycles. The van der Waals surface area contributed by atoms with Crippen LogP contribution in [0.5, 0.6) is 0 Å². The monoisotopic (exact) mass is 188 g/mol. The lowest BCUT2D eigenvalue weighted by molar-refractivity contribution is 1.19. The molecule has 1 nitrogen and oxygen atoms in total. The fourth-order valence-corrected chi connectivity index (χ4v) is 1.14. The van der Waals surface area contributed by atoms with Crippen LogP contribution in [0.2, 0.25) is 10.0 Å². The summed E-state index contributed by atoms with van der Waals surface area (Å²) in [5.74, 6) is 0. The molecule has 11 heavy (non-hydrogen) atoms. The molecule has 0 aliphatic carbocycles.